The van der Waals surface area contributed by atoms with Gasteiger partial charge in [-0.25, -0.2) is 23.5 Å². The summed E-state index contributed by atoms with van der Waals surface area (Å²) < 4.78 is 29.0. The Balaban J connectivity index is 1.84. The van der Waals surface area contributed by atoms with Gasteiger partial charge in [-0.05, 0) is 23.8 Å². The second-order valence-electron chi connectivity index (χ2n) is 4.37. The zero-order valence-corrected chi connectivity index (χ0v) is 12.6. The predicted octanol–water partition coefficient (Wildman–Crippen LogP) is 3.10. The molecular weight excluding hydrogens is 330 g/mol. The Bertz CT molecular complexity index is 655. The summed E-state index contributed by atoms with van der Waals surface area (Å²) in [5, 5.41) is 5.59. The molecule has 9 heteroatoms. The normalized spacial score (nSPS) is 10.4. The molecule has 0 fully saturated rings. The second-order valence-corrected chi connectivity index (χ2v) is 4.81. The lowest BCUT2D eigenvalue weighted by molar-refractivity contribution is 0.0795. The van der Waals surface area contributed by atoms with Crippen LogP contribution in [0.25, 0.3) is 0 Å². The lowest BCUT2D eigenvalue weighted by Crippen LogP contribution is -2.28. The monoisotopic (exact) mass is 342 g/mol. The molecule has 0 saturated carbocycles. The average molecular weight is 343 g/mol. The van der Waals surface area contributed by atoms with Crippen molar-refractivity contribution in [2.45, 2.75) is 13.0 Å². The van der Waals surface area contributed by atoms with Gasteiger partial charge in [-0.15, -0.1) is 0 Å². The summed E-state index contributed by atoms with van der Waals surface area (Å²) in [6.07, 6.45) is 0.250. The number of halogens is 3. The van der Waals surface area contributed by atoms with E-state index in [2.05, 4.69) is 20.6 Å². The van der Waals surface area contributed by atoms with Gasteiger partial charge < -0.3 is 10.1 Å². The Hall–Kier alpha value is -2.48. The molecule has 0 aromatic carbocycles. The van der Waals surface area contributed by atoms with Crippen LogP contribution in [0.2, 0.25) is 5.02 Å². The highest BCUT2D eigenvalue weighted by Gasteiger charge is 2.06. The second kappa shape index (κ2) is 8.23. The van der Waals surface area contributed by atoms with Gasteiger partial charge in [0, 0.05) is 25.0 Å². The van der Waals surface area contributed by atoms with Crippen molar-refractivity contribution in [3.05, 3.63) is 47.2 Å². The number of nitrogens with zero attached hydrogens (tertiary/aromatic N) is 2. The minimum absolute atomic E-state index is 0.0735. The molecule has 23 heavy (non-hydrogen) atoms. The number of anilines is 1. The van der Waals surface area contributed by atoms with Crippen LogP contribution in [-0.4, -0.2) is 29.0 Å². The van der Waals surface area contributed by atoms with E-state index in [1.54, 1.807) is 18.2 Å². The number of rotatable bonds is 6. The van der Waals surface area contributed by atoms with Gasteiger partial charge in [-0.1, -0.05) is 11.6 Å². The largest absolute Gasteiger partial charge is 0.472 e. The molecule has 2 aromatic rings. The minimum atomic E-state index is -2.57. The summed E-state index contributed by atoms with van der Waals surface area (Å²) in [5.74, 6) is 0.423. The first-order valence-corrected chi connectivity index (χ1v) is 6.93. The van der Waals surface area contributed by atoms with Crippen molar-refractivity contribution in [2.75, 3.05) is 11.9 Å². The maximum atomic E-state index is 12.1. The van der Waals surface area contributed by atoms with Crippen LogP contribution in [0.15, 0.2) is 36.7 Å². The van der Waals surface area contributed by atoms with Crippen LogP contribution < -0.4 is 15.4 Å². The molecule has 0 aliphatic carbocycles. The van der Waals surface area contributed by atoms with Crippen molar-refractivity contribution < 1.29 is 18.3 Å². The van der Waals surface area contributed by atoms with Crippen molar-refractivity contribution in [3.63, 3.8) is 0 Å². The van der Waals surface area contributed by atoms with Gasteiger partial charge in [-0.2, -0.15) is 0 Å². The van der Waals surface area contributed by atoms with Crippen LogP contribution in [0.1, 0.15) is 5.56 Å². The topological polar surface area (TPSA) is 76.1 Å². The highest BCUT2D eigenvalue weighted by atomic mass is 35.5. The summed E-state index contributed by atoms with van der Waals surface area (Å²) >= 11 is 5.69. The van der Waals surface area contributed by atoms with Crippen LogP contribution in [0, 0.1) is 0 Å². The van der Waals surface area contributed by atoms with E-state index in [1.165, 1.54) is 18.5 Å². The first-order chi connectivity index (χ1) is 11.0. The molecule has 0 radical (unpaired) electrons. The van der Waals surface area contributed by atoms with Crippen LogP contribution in [-0.2, 0) is 6.54 Å². The number of pyridine rings is 2. The van der Waals surface area contributed by atoms with E-state index in [0.717, 1.165) is 0 Å². The number of aromatic nitrogens is 2. The molecule has 0 bridgehead atoms. The summed E-state index contributed by atoms with van der Waals surface area (Å²) in [6.45, 7) is -0.556. The SMILES string of the molecule is O=C(NCc1ccnc(OCC(F)F)c1)Nc1ccc(Cl)cn1. The number of carbonyl (C=O) groups excluding carboxylic acids is 1. The summed E-state index contributed by atoms with van der Waals surface area (Å²) in [4.78, 5) is 19.5. The first-order valence-electron chi connectivity index (χ1n) is 6.55. The number of alkyl halides is 2. The number of hydrogen-bond donors (Lipinski definition) is 2. The number of urea groups is 1. The maximum absolute atomic E-state index is 12.1. The van der Waals surface area contributed by atoms with Gasteiger partial charge in [0.2, 0.25) is 5.88 Å². The third kappa shape index (κ3) is 6.03. The van der Waals surface area contributed by atoms with Crippen molar-refractivity contribution in [1.82, 2.24) is 15.3 Å². The van der Waals surface area contributed by atoms with E-state index >= 15 is 0 Å². The number of amides is 2. The first kappa shape index (κ1) is 16.9. The van der Waals surface area contributed by atoms with Crippen LogP contribution in [0.3, 0.4) is 0 Å². The molecule has 0 spiro atoms. The van der Waals surface area contributed by atoms with E-state index in [9.17, 15) is 13.6 Å². The Labute approximate surface area is 135 Å². The van der Waals surface area contributed by atoms with Crippen LogP contribution in [0.5, 0.6) is 5.88 Å². The molecule has 0 aliphatic heterocycles. The summed E-state index contributed by atoms with van der Waals surface area (Å²) in [5.41, 5.74) is 0.656. The van der Waals surface area contributed by atoms with Crippen molar-refractivity contribution in [2.24, 2.45) is 0 Å². The minimum Gasteiger partial charge on any atom is -0.472 e. The van der Waals surface area contributed by atoms with E-state index in [4.69, 9.17) is 16.3 Å². The molecule has 6 nitrogen and oxygen atoms in total. The Morgan fingerprint density at radius 3 is 2.83 bits per heavy atom. The van der Waals surface area contributed by atoms with Gasteiger partial charge in [0.1, 0.15) is 5.82 Å². The number of hydrogen-bond acceptors (Lipinski definition) is 4. The fourth-order valence-corrected chi connectivity index (χ4v) is 1.69. The molecule has 0 unspecified atom stereocenters. The number of nitrogens with one attached hydrogen (secondary N) is 2. The van der Waals surface area contributed by atoms with Crippen LogP contribution >= 0.6 is 11.6 Å². The number of carbonyl (C=O) groups is 1. The molecule has 0 aliphatic rings. The van der Waals surface area contributed by atoms with Gasteiger partial charge in [-0.3, -0.25) is 5.32 Å². The van der Waals surface area contributed by atoms with Crippen LogP contribution in [0.4, 0.5) is 19.4 Å². The predicted molar refractivity (Wildman–Crippen MR) is 80.8 cm³/mol. The fourth-order valence-electron chi connectivity index (χ4n) is 1.58. The standard InChI is InChI=1S/C14H13ClF2N4O2/c15-10-1-2-12(19-7-10)21-14(22)20-6-9-3-4-18-13(5-9)23-8-11(16)17/h1-5,7,11H,6,8H2,(H2,19,20,21,22). The maximum Gasteiger partial charge on any atom is 0.320 e. The molecule has 2 rings (SSSR count). The molecular formula is C14H13ClF2N4O2. The Kier molecular flexibility index (Phi) is 6.04. The quantitative estimate of drug-likeness (QED) is 0.845. The molecule has 2 N–H and O–H groups in total. The van der Waals surface area contributed by atoms with Crippen molar-refractivity contribution in [1.29, 1.82) is 0 Å². The number of ether oxygens (including phenoxy) is 1. The fraction of sp³-hybridized carbons (Fsp3) is 0.214. The lowest BCUT2D eigenvalue weighted by atomic mass is 10.2. The van der Waals surface area contributed by atoms with E-state index in [1.807, 2.05) is 0 Å². The summed E-state index contributed by atoms with van der Waals surface area (Å²) in [6, 6.07) is 5.80. The molecule has 0 atom stereocenters. The average Bonchev–Trinajstić information content (AvgIpc) is 2.54. The van der Waals surface area contributed by atoms with Crippen molar-refractivity contribution in [3.8, 4) is 5.88 Å². The Morgan fingerprint density at radius 1 is 1.30 bits per heavy atom. The van der Waals surface area contributed by atoms with E-state index in [-0.39, 0.29) is 12.4 Å². The molecule has 2 heterocycles. The smallest absolute Gasteiger partial charge is 0.320 e. The molecule has 0 saturated heterocycles. The van der Waals surface area contributed by atoms with Gasteiger partial charge in [0.15, 0.2) is 6.61 Å². The third-order valence-electron chi connectivity index (χ3n) is 2.58. The van der Waals surface area contributed by atoms with Gasteiger partial charge >= 0.3 is 6.03 Å². The summed E-state index contributed by atoms with van der Waals surface area (Å²) in [7, 11) is 0. The molecule has 2 amide bonds. The molecule has 122 valence electrons. The third-order valence-corrected chi connectivity index (χ3v) is 2.80. The molecule has 2 aromatic heterocycles. The van der Waals surface area contributed by atoms with Gasteiger partial charge in [0.25, 0.3) is 6.43 Å². The highest BCUT2D eigenvalue weighted by Crippen LogP contribution is 2.11. The lowest BCUT2D eigenvalue weighted by Gasteiger charge is -2.09. The van der Waals surface area contributed by atoms with E-state index < -0.39 is 19.1 Å². The van der Waals surface area contributed by atoms with Crippen molar-refractivity contribution >= 4 is 23.4 Å². The highest BCUT2D eigenvalue weighted by molar-refractivity contribution is 6.30. The van der Waals surface area contributed by atoms with Gasteiger partial charge in [0.05, 0.1) is 5.02 Å². The zero-order valence-electron chi connectivity index (χ0n) is 11.8. The Morgan fingerprint density at radius 2 is 2.13 bits per heavy atom. The van der Waals surface area contributed by atoms with E-state index in [0.29, 0.717) is 16.4 Å². The zero-order chi connectivity index (χ0) is 16.7.